The molecule has 0 spiro atoms. The van der Waals surface area contributed by atoms with Gasteiger partial charge in [-0.25, -0.2) is 0 Å². The SMILES string of the molecule is Cc1ccsc1C1/C(=C(/O)c2ccc3ccccc3c2)C(=O)C(=O)N1CCOC(C)C. The van der Waals surface area contributed by atoms with Gasteiger partial charge in [0.15, 0.2) is 0 Å². The normalized spacial score (nSPS) is 18.5. The van der Waals surface area contributed by atoms with Gasteiger partial charge in [0.25, 0.3) is 11.7 Å². The second-order valence-corrected chi connectivity index (χ2v) is 8.89. The molecule has 0 saturated carbocycles. The van der Waals surface area contributed by atoms with Gasteiger partial charge < -0.3 is 14.7 Å². The number of ether oxygens (including phenoxy) is 1. The van der Waals surface area contributed by atoms with Crippen molar-refractivity contribution in [2.24, 2.45) is 0 Å². The zero-order valence-electron chi connectivity index (χ0n) is 17.8. The highest BCUT2D eigenvalue weighted by molar-refractivity contribution is 7.10. The monoisotopic (exact) mass is 435 g/mol. The van der Waals surface area contributed by atoms with Crippen molar-refractivity contribution >= 4 is 39.6 Å². The van der Waals surface area contributed by atoms with Gasteiger partial charge in [0.1, 0.15) is 5.76 Å². The third kappa shape index (κ3) is 4.01. The lowest BCUT2D eigenvalue weighted by Gasteiger charge is -2.25. The summed E-state index contributed by atoms with van der Waals surface area (Å²) in [6.45, 7) is 6.40. The number of hydrogen-bond acceptors (Lipinski definition) is 5. The number of amides is 1. The van der Waals surface area contributed by atoms with Crippen LogP contribution in [0.2, 0.25) is 0 Å². The van der Waals surface area contributed by atoms with Crippen molar-refractivity contribution in [2.45, 2.75) is 32.9 Å². The van der Waals surface area contributed by atoms with Crippen LogP contribution >= 0.6 is 11.3 Å². The van der Waals surface area contributed by atoms with Crippen molar-refractivity contribution in [1.29, 1.82) is 0 Å². The van der Waals surface area contributed by atoms with Gasteiger partial charge in [0.2, 0.25) is 0 Å². The average Bonchev–Trinajstić information content (AvgIpc) is 3.28. The fraction of sp³-hybridized carbons (Fsp3) is 0.280. The van der Waals surface area contributed by atoms with E-state index >= 15 is 0 Å². The van der Waals surface area contributed by atoms with Crippen LogP contribution in [0.4, 0.5) is 0 Å². The number of thiophene rings is 1. The summed E-state index contributed by atoms with van der Waals surface area (Å²) in [7, 11) is 0. The molecule has 1 aliphatic heterocycles. The van der Waals surface area contributed by atoms with Crippen molar-refractivity contribution in [3.63, 3.8) is 0 Å². The number of nitrogens with zero attached hydrogens (tertiary/aromatic N) is 1. The maximum Gasteiger partial charge on any atom is 0.295 e. The Labute approximate surface area is 185 Å². The first-order chi connectivity index (χ1) is 14.9. The lowest BCUT2D eigenvalue weighted by molar-refractivity contribution is -0.140. The summed E-state index contributed by atoms with van der Waals surface area (Å²) in [5, 5.41) is 15.1. The van der Waals surface area contributed by atoms with Gasteiger partial charge in [-0.05, 0) is 54.6 Å². The van der Waals surface area contributed by atoms with E-state index in [0.717, 1.165) is 21.2 Å². The molecule has 1 fully saturated rings. The second-order valence-electron chi connectivity index (χ2n) is 7.94. The number of carbonyl (C=O) groups is 2. The lowest BCUT2D eigenvalue weighted by atomic mass is 9.97. The van der Waals surface area contributed by atoms with Crippen LogP contribution in [0.5, 0.6) is 0 Å². The van der Waals surface area contributed by atoms with E-state index in [1.54, 1.807) is 6.07 Å². The standard InChI is InChI=1S/C25H25NO4S/c1-15(2)30-12-11-26-21(24-16(3)10-13-31-24)20(23(28)25(26)29)22(27)19-9-8-17-6-4-5-7-18(17)14-19/h4-10,13-15,21,27H,11-12H2,1-3H3/b22-20-. The van der Waals surface area contributed by atoms with E-state index in [1.165, 1.54) is 16.2 Å². The van der Waals surface area contributed by atoms with E-state index in [2.05, 4.69) is 0 Å². The minimum Gasteiger partial charge on any atom is -0.507 e. The molecule has 1 aliphatic rings. The van der Waals surface area contributed by atoms with Gasteiger partial charge in [-0.2, -0.15) is 0 Å². The predicted molar refractivity (Wildman–Crippen MR) is 123 cm³/mol. The first kappa shape index (κ1) is 21.3. The van der Waals surface area contributed by atoms with Crippen LogP contribution in [0, 0.1) is 6.92 Å². The van der Waals surface area contributed by atoms with Crippen LogP contribution in [-0.4, -0.2) is 41.0 Å². The van der Waals surface area contributed by atoms with E-state index in [-0.39, 0.29) is 24.0 Å². The smallest absolute Gasteiger partial charge is 0.295 e. The molecule has 1 N–H and O–H groups in total. The van der Waals surface area contributed by atoms with Crippen molar-refractivity contribution < 1.29 is 19.4 Å². The van der Waals surface area contributed by atoms with Crippen molar-refractivity contribution in [3.8, 4) is 0 Å². The molecule has 0 aliphatic carbocycles. The highest BCUT2D eigenvalue weighted by Crippen LogP contribution is 2.42. The van der Waals surface area contributed by atoms with Gasteiger partial charge in [-0.15, -0.1) is 11.3 Å². The summed E-state index contributed by atoms with van der Waals surface area (Å²) in [4.78, 5) is 28.4. The number of aryl methyl sites for hydroxylation is 1. The van der Waals surface area contributed by atoms with Crippen molar-refractivity contribution in [2.75, 3.05) is 13.2 Å². The zero-order valence-corrected chi connectivity index (χ0v) is 18.6. The molecular weight excluding hydrogens is 410 g/mol. The molecule has 2 aromatic carbocycles. The molecule has 0 bridgehead atoms. The largest absolute Gasteiger partial charge is 0.507 e. The molecule has 1 unspecified atom stereocenters. The second kappa shape index (κ2) is 8.65. The highest BCUT2D eigenvalue weighted by atomic mass is 32.1. The van der Waals surface area contributed by atoms with E-state index < -0.39 is 17.7 Å². The number of likely N-dealkylation sites (tertiary alicyclic amines) is 1. The predicted octanol–water partition coefficient (Wildman–Crippen LogP) is 5.06. The third-order valence-corrected chi connectivity index (χ3v) is 6.57. The number of aliphatic hydroxyl groups is 1. The highest BCUT2D eigenvalue weighted by Gasteiger charge is 2.46. The molecule has 0 radical (unpaired) electrons. The summed E-state index contributed by atoms with van der Waals surface area (Å²) < 4.78 is 5.63. The number of fused-ring (bicyclic) bond motifs is 1. The Balaban J connectivity index is 1.81. The molecule has 31 heavy (non-hydrogen) atoms. The molecule has 160 valence electrons. The summed E-state index contributed by atoms with van der Waals surface area (Å²) in [6.07, 6.45) is 0.0244. The topological polar surface area (TPSA) is 66.8 Å². The number of benzene rings is 2. The Kier molecular flexibility index (Phi) is 5.94. The van der Waals surface area contributed by atoms with Crippen molar-refractivity contribution in [3.05, 3.63) is 75.5 Å². The molecule has 4 rings (SSSR count). The van der Waals surface area contributed by atoms with Gasteiger partial charge >= 0.3 is 0 Å². The van der Waals surface area contributed by atoms with Crippen LogP contribution in [0.15, 0.2) is 59.5 Å². The van der Waals surface area contributed by atoms with Gasteiger partial charge in [-0.1, -0.05) is 36.4 Å². The Hall–Kier alpha value is -2.96. The van der Waals surface area contributed by atoms with Crippen LogP contribution in [0.1, 0.15) is 35.9 Å². The van der Waals surface area contributed by atoms with Crippen LogP contribution in [-0.2, 0) is 14.3 Å². The number of carbonyl (C=O) groups excluding carboxylic acids is 2. The molecule has 6 heteroatoms. The summed E-state index contributed by atoms with van der Waals surface area (Å²) in [5.74, 6) is -1.41. The van der Waals surface area contributed by atoms with Crippen molar-refractivity contribution in [1.82, 2.24) is 4.90 Å². The Morgan fingerprint density at radius 2 is 1.87 bits per heavy atom. The lowest BCUT2D eigenvalue weighted by Crippen LogP contribution is -2.33. The van der Waals surface area contributed by atoms with Gasteiger partial charge in [0.05, 0.1) is 24.3 Å². The first-order valence-corrected chi connectivity index (χ1v) is 11.2. The average molecular weight is 436 g/mol. The number of Topliss-reactive ketones (excluding diaryl/α,β-unsaturated/α-hetero) is 1. The molecule has 1 atom stereocenters. The number of aliphatic hydroxyl groups excluding tert-OH is 1. The summed E-state index contributed by atoms with van der Waals surface area (Å²) >= 11 is 1.48. The van der Waals surface area contributed by atoms with Crippen LogP contribution in [0.3, 0.4) is 0 Å². The number of rotatable bonds is 6. The molecule has 3 aromatic rings. The minimum atomic E-state index is -0.659. The molecule has 1 saturated heterocycles. The number of ketones is 1. The first-order valence-electron chi connectivity index (χ1n) is 10.3. The van der Waals surface area contributed by atoms with Gasteiger partial charge in [0, 0.05) is 17.0 Å². The fourth-order valence-corrected chi connectivity index (χ4v) is 4.97. The Bertz CT molecular complexity index is 1180. The molecule has 1 aromatic heterocycles. The maximum absolute atomic E-state index is 13.1. The summed E-state index contributed by atoms with van der Waals surface area (Å²) in [6, 6.07) is 14.7. The fourth-order valence-electron chi connectivity index (χ4n) is 3.93. The van der Waals surface area contributed by atoms with E-state index in [0.29, 0.717) is 12.2 Å². The van der Waals surface area contributed by atoms with Gasteiger partial charge in [-0.3, -0.25) is 9.59 Å². The Morgan fingerprint density at radius 1 is 1.13 bits per heavy atom. The van der Waals surface area contributed by atoms with Crippen LogP contribution in [0.25, 0.3) is 16.5 Å². The Morgan fingerprint density at radius 3 is 2.55 bits per heavy atom. The molecular formula is C25H25NO4S. The quantitative estimate of drug-likeness (QED) is 0.334. The molecule has 5 nitrogen and oxygen atoms in total. The summed E-state index contributed by atoms with van der Waals surface area (Å²) in [5.41, 5.74) is 1.64. The van der Waals surface area contributed by atoms with E-state index in [4.69, 9.17) is 4.74 Å². The molecule has 2 heterocycles. The third-order valence-electron chi connectivity index (χ3n) is 5.50. The maximum atomic E-state index is 13.1. The van der Waals surface area contributed by atoms with E-state index in [1.807, 2.05) is 68.6 Å². The molecule has 1 amide bonds. The number of hydrogen-bond donors (Lipinski definition) is 1. The zero-order chi connectivity index (χ0) is 22.1. The van der Waals surface area contributed by atoms with Crippen LogP contribution < -0.4 is 0 Å². The minimum absolute atomic E-state index is 0.0244. The van der Waals surface area contributed by atoms with E-state index in [9.17, 15) is 14.7 Å².